The summed E-state index contributed by atoms with van der Waals surface area (Å²) in [6.07, 6.45) is 4.32. The molecule has 23 heavy (non-hydrogen) atoms. The van der Waals surface area contributed by atoms with Crippen molar-refractivity contribution in [2.75, 3.05) is 13.2 Å². The third-order valence-corrected chi connectivity index (χ3v) is 4.31. The molecular weight excluding hydrogens is 302 g/mol. The zero-order chi connectivity index (χ0) is 16.7. The van der Waals surface area contributed by atoms with E-state index < -0.39 is 12.2 Å². The first-order valence-corrected chi connectivity index (χ1v) is 8.52. The van der Waals surface area contributed by atoms with Crippen LogP contribution in [-0.2, 0) is 18.9 Å². The maximum absolute atomic E-state index is 11.5. The topological polar surface area (TPSA) is 83.1 Å². The van der Waals surface area contributed by atoms with Crippen molar-refractivity contribution in [2.45, 2.75) is 76.8 Å². The summed E-state index contributed by atoms with van der Waals surface area (Å²) in [5.74, 6) is 0. The highest BCUT2D eigenvalue weighted by Crippen LogP contribution is 2.22. The molecule has 0 aliphatic carbocycles. The number of amides is 2. The molecule has 0 spiro atoms. The van der Waals surface area contributed by atoms with Crippen molar-refractivity contribution in [2.24, 2.45) is 0 Å². The second-order valence-electron chi connectivity index (χ2n) is 6.05. The molecule has 2 amide bonds. The summed E-state index contributed by atoms with van der Waals surface area (Å²) < 4.78 is 21.3. The predicted octanol–water partition coefficient (Wildman–Crippen LogP) is 2.76. The molecule has 0 unspecified atom stereocenters. The minimum Gasteiger partial charge on any atom is -0.446 e. The summed E-state index contributed by atoms with van der Waals surface area (Å²) in [6, 6.07) is 0. The molecule has 1 N–H and O–H groups in total. The fourth-order valence-corrected chi connectivity index (χ4v) is 2.90. The van der Waals surface area contributed by atoms with Gasteiger partial charge >= 0.3 is 12.2 Å². The Bertz CT molecular complexity index is 366. The van der Waals surface area contributed by atoms with Gasteiger partial charge in [0.1, 0.15) is 13.2 Å². The first kappa shape index (κ1) is 18.0. The molecule has 0 bridgehead atoms. The molecule has 7 nitrogen and oxygen atoms in total. The SMILES string of the molecule is CC[C@@H]1CC[C@H](COC(=O)NC(=O)OC[C@@H]2CC[C@H](CC)O2)O1. The van der Waals surface area contributed by atoms with Gasteiger partial charge in [0, 0.05) is 0 Å². The highest BCUT2D eigenvalue weighted by molar-refractivity contribution is 5.87. The van der Waals surface area contributed by atoms with E-state index in [1.165, 1.54) is 0 Å². The Morgan fingerprint density at radius 3 is 1.57 bits per heavy atom. The van der Waals surface area contributed by atoms with Crippen LogP contribution < -0.4 is 5.32 Å². The van der Waals surface area contributed by atoms with Crippen molar-refractivity contribution in [1.29, 1.82) is 0 Å². The molecule has 2 aliphatic rings. The number of imide groups is 1. The van der Waals surface area contributed by atoms with Gasteiger partial charge in [0.2, 0.25) is 0 Å². The molecule has 0 saturated carbocycles. The summed E-state index contributed by atoms with van der Waals surface area (Å²) in [4.78, 5) is 23.1. The molecule has 132 valence electrons. The summed E-state index contributed by atoms with van der Waals surface area (Å²) in [7, 11) is 0. The van der Waals surface area contributed by atoms with Crippen LogP contribution in [-0.4, -0.2) is 49.8 Å². The molecule has 2 fully saturated rings. The van der Waals surface area contributed by atoms with Crippen molar-refractivity contribution in [3.63, 3.8) is 0 Å². The number of ether oxygens (including phenoxy) is 4. The standard InChI is InChI=1S/C16H27NO6/c1-3-11-5-7-13(22-11)9-20-15(18)17-16(19)21-10-14-8-6-12(4-2)23-14/h11-14H,3-10H2,1-2H3,(H,17,18,19)/t11-,12+,13-,14+. The van der Waals surface area contributed by atoms with Crippen LogP contribution in [0, 0.1) is 0 Å². The number of alkyl carbamates (subject to hydrolysis) is 2. The molecule has 2 heterocycles. The lowest BCUT2D eigenvalue weighted by Crippen LogP contribution is -2.35. The number of carbonyl (C=O) groups is 2. The van der Waals surface area contributed by atoms with E-state index >= 15 is 0 Å². The predicted molar refractivity (Wildman–Crippen MR) is 82.2 cm³/mol. The van der Waals surface area contributed by atoms with Gasteiger partial charge in [-0.25, -0.2) is 14.9 Å². The molecule has 0 aromatic heterocycles. The lowest BCUT2D eigenvalue weighted by Gasteiger charge is -2.14. The minimum absolute atomic E-state index is 0.0837. The van der Waals surface area contributed by atoms with E-state index in [-0.39, 0.29) is 37.6 Å². The van der Waals surface area contributed by atoms with Gasteiger partial charge in [-0.15, -0.1) is 0 Å². The Kier molecular flexibility index (Phi) is 7.11. The zero-order valence-corrected chi connectivity index (χ0v) is 13.9. The first-order chi connectivity index (χ1) is 11.1. The molecule has 2 rings (SSSR count). The summed E-state index contributed by atoms with van der Waals surface area (Å²) >= 11 is 0. The average Bonchev–Trinajstić information content (AvgIpc) is 3.19. The number of hydrogen-bond donors (Lipinski definition) is 1. The van der Waals surface area contributed by atoms with E-state index in [2.05, 4.69) is 13.8 Å². The fourth-order valence-electron chi connectivity index (χ4n) is 2.90. The van der Waals surface area contributed by atoms with Crippen LogP contribution in [0.3, 0.4) is 0 Å². The van der Waals surface area contributed by atoms with Gasteiger partial charge in [-0.05, 0) is 38.5 Å². The second-order valence-corrected chi connectivity index (χ2v) is 6.05. The van der Waals surface area contributed by atoms with Crippen LogP contribution in [0.4, 0.5) is 9.59 Å². The van der Waals surface area contributed by atoms with Gasteiger partial charge in [0.05, 0.1) is 24.4 Å². The lowest BCUT2D eigenvalue weighted by molar-refractivity contribution is -0.00134. The first-order valence-electron chi connectivity index (χ1n) is 8.52. The van der Waals surface area contributed by atoms with Crippen molar-refractivity contribution >= 4 is 12.2 Å². The van der Waals surface area contributed by atoms with Gasteiger partial charge in [0.15, 0.2) is 0 Å². The molecule has 0 aromatic rings. The molecule has 7 heteroatoms. The minimum atomic E-state index is -0.808. The van der Waals surface area contributed by atoms with Gasteiger partial charge in [-0.1, -0.05) is 13.8 Å². The maximum atomic E-state index is 11.5. The van der Waals surface area contributed by atoms with Gasteiger partial charge in [-0.2, -0.15) is 0 Å². The fraction of sp³-hybridized carbons (Fsp3) is 0.875. The molecule has 2 saturated heterocycles. The van der Waals surface area contributed by atoms with Gasteiger partial charge in [-0.3, -0.25) is 0 Å². The zero-order valence-electron chi connectivity index (χ0n) is 13.9. The molecule has 4 atom stereocenters. The van der Waals surface area contributed by atoms with Crippen molar-refractivity contribution in [1.82, 2.24) is 5.32 Å². The Labute approximate surface area is 137 Å². The number of rotatable bonds is 6. The summed E-state index contributed by atoms with van der Waals surface area (Å²) in [6.45, 7) is 4.43. The Hall–Kier alpha value is -1.34. The Balaban J connectivity index is 1.55. The lowest BCUT2D eigenvalue weighted by atomic mass is 10.2. The van der Waals surface area contributed by atoms with Crippen LogP contribution >= 0.6 is 0 Å². The maximum Gasteiger partial charge on any atom is 0.416 e. The van der Waals surface area contributed by atoms with Crippen LogP contribution in [0.15, 0.2) is 0 Å². The number of nitrogens with one attached hydrogen (secondary N) is 1. The third-order valence-electron chi connectivity index (χ3n) is 4.31. The van der Waals surface area contributed by atoms with Crippen molar-refractivity contribution < 1.29 is 28.5 Å². The normalized spacial score (nSPS) is 30.2. The number of hydrogen-bond acceptors (Lipinski definition) is 6. The Morgan fingerprint density at radius 1 is 0.826 bits per heavy atom. The average molecular weight is 329 g/mol. The quantitative estimate of drug-likeness (QED) is 0.807. The third kappa shape index (κ3) is 5.99. The van der Waals surface area contributed by atoms with E-state index in [0.717, 1.165) is 38.5 Å². The van der Waals surface area contributed by atoms with Crippen LogP contribution in [0.2, 0.25) is 0 Å². The van der Waals surface area contributed by atoms with E-state index in [1.54, 1.807) is 0 Å². The highest BCUT2D eigenvalue weighted by atomic mass is 16.6. The second kappa shape index (κ2) is 9.08. The number of carbonyl (C=O) groups excluding carboxylic acids is 2. The van der Waals surface area contributed by atoms with Crippen LogP contribution in [0.25, 0.3) is 0 Å². The van der Waals surface area contributed by atoms with E-state index in [1.807, 2.05) is 5.32 Å². The van der Waals surface area contributed by atoms with E-state index in [4.69, 9.17) is 18.9 Å². The van der Waals surface area contributed by atoms with E-state index in [9.17, 15) is 9.59 Å². The van der Waals surface area contributed by atoms with Crippen molar-refractivity contribution in [3.05, 3.63) is 0 Å². The van der Waals surface area contributed by atoms with Crippen LogP contribution in [0.1, 0.15) is 52.4 Å². The molecule has 0 radical (unpaired) electrons. The van der Waals surface area contributed by atoms with Crippen LogP contribution in [0.5, 0.6) is 0 Å². The highest BCUT2D eigenvalue weighted by Gasteiger charge is 2.26. The monoisotopic (exact) mass is 329 g/mol. The smallest absolute Gasteiger partial charge is 0.416 e. The van der Waals surface area contributed by atoms with Gasteiger partial charge < -0.3 is 18.9 Å². The van der Waals surface area contributed by atoms with E-state index in [0.29, 0.717) is 0 Å². The molecule has 0 aromatic carbocycles. The molecular formula is C16H27NO6. The summed E-state index contributed by atoms with van der Waals surface area (Å²) in [5.41, 5.74) is 0. The molecule has 2 aliphatic heterocycles. The van der Waals surface area contributed by atoms with Gasteiger partial charge in [0.25, 0.3) is 0 Å². The Morgan fingerprint density at radius 2 is 1.22 bits per heavy atom. The van der Waals surface area contributed by atoms with Crippen molar-refractivity contribution in [3.8, 4) is 0 Å². The summed E-state index contributed by atoms with van der Waals surface area (Å²) in [5, 5.41) is 2.04. The largest absolute Gasteiger partial charge is 0.446 e.